The Hall–Kier alpha value is -2.36. The van der Waals surface area contributed by atoms with Crippen LogP contribution in [-0.2, 0) is 11.2 Å². The molecule has 1 aliphatic rings. The lowest BCUT2D eigenvalue weighted by Crippen LogP contribution is -2.35. The van der Waals surface area contributed by atoms with E-state index in [1.807, 2.05) is 32.9 Å². The Kier molecular flexibility index (Phi) is 3.61. The number of carbonyl (C=O) groups is 1. The predicted octanol–water partition coefficient (Wildman–Crippen LogP) is 4.05. The van der Waals surface area contributed by atoms with Crippen LogP contribution in [0.15, 0.2) is 42.7 Å². The van der Waals surface area contributed by atoms with Gasteiger partial charge in [0, 0.05) is 18.9 Å². The van der Waals surface area contributed by atoms with Crippen molar-refractivity contribution in [2.24, 2.45) is 0 Å². The highest BCUT2D eigenvalue weighted by atomic mass is 16.6. The number of aromatic nitrogens is 1. The molecule has 0 fully saturated rings. The number of anilines is 1. The first-order chi connectivity index (χ1) is 10.4. The van der Waals surface area contributed by atoms with Crippen molar-refractivity contribution in [3.05, 3.63) is 48.3 Å². The SMILES string of the molecule is CC(C)(C)OC(=O)N1CCc2ccc(-c3ccncc3)cc21. The molecule has 0 saturated heterocycles. The Morgan fingerprint density at radius 2 is 1.86 bits per heavy atom. The number of carbonyl (C=O) groups excluding carboxylic acids is 1. The zero-order valence-corrected chi connectivity index (χ0v) is 13.2. The lowest BCUT2D eigenvalue weighted by atomic mass is 10.0. The van der Waals surface area contributed by atoms with Crippen molar-refractivity contribution < 1.29 is 9.53 Å². The van der Waals surface area contributed by atoms with Crippen LogP contribution >= 0.6 is 0 Å². The third kappa shape index (κ3) is 2.96. The van der Waals surface area contributed by atoms with Gasteiger partial charge < -0.3 is 4.74 Å². The van der Waals surface area contributed by atoms with E-state index in [9.17, 15) is 4.79 Å². The van der Waals surface area contributed by atoms with Gasteiger partial charge in [-0.25, -0.2) is 4.79 Å². The fourth-order valence-electron chi connectivity index (χ4n) is 2.61. The minimum absolute atomic E-state index is 0.280. The van der Waals surface area contributed by atoms with Gasteiger partial charge in [-0.3, -0.25) is 9.88 Å². The Balaban J connectivity index is 1.91. The predicted molar refractivity (Wildman–Crippen MR) is 87.0 cm³/mol. The molecule has 1 aromatic heterocycles. The lowest BCUT2D eigenvalue weighted by Gasteiger charge is -2.25. The molecule has 114 valence electrons. The standard InChI is InChI=1S/C18H20N2O2/c1-18(2,3)22-17(21)20-11-8-14-4-5-15(12-16(14)20)13-6-9-19-10-7-13/h4-7,9-10,12H,8,11H2,1-3H3. The van der Waals surface area contributed by atoms with Crippen LogP contribution < -0.4 is 4.90 Å². The van der Waals surface area contributed by atoms with Gasteiger partial charge in [-0.1, -0.05) is 12.1 Å². The van der Waals surface area contributed by atoms with Crippen LogP contribution in [0.3, 0.4) is 0 Å². The number of amides is 1. The molecule has 1 aromatic carbocycles. The van der Waals surface area contributed by atoms with E-state index in [4.69, 9.17) is 4.74 Å². The highest BCUT2D eigenvalue weighted by molar-refractivity contribution is 5.91. The van der Waals surface area contributed by atoms with Crippen LogP contribution in [0.4, 0.5) is 10.5 Å². The molecule has 3 rings (SSSR count). The number of hydrogen-bond acceptors (Lipinski definition) is 3. The molecule has 0 bridgehead atoms. The van der Waals surface area contributed by atoms with E-state index in [1.54, 1.807) is 17.3 Å². The van der Waals surface area contributed by atoms with Crippen molar-refractivity contribution >= 4 is 11.8 Å². The minimum Gasteiger partial charge on any atom is -0.443 e. The average Bonchev–Trinajstić information content (AvgIpc) is 2.89. The smallest absolute Gasteiger partial charge is 0.414 e. The Morgan fingerprint density at radius 1 is 1.14 bits per heavy atom. The normalized spacial score (nSPS) is 13.9. The van der Waals surface area contributed by atoms with Crippen molar-refractivity contribution in [3.63, 3.8) is 0 Å². The van der Waals surface area contributed by atoms with E-state index < -0.39 is 5.60 Å². The topological polar surface area (TPSA) is 42.4 Å². The molecular weight excluding hydrogens is 276 g/mol. The minimum atomic E-state index is -0.484. The Labute approximate surface area is 130 Å². The van der Waals surface area contributed by atoms with E-state index in [-0.39, 0.29) is 6.09 Å². The van der Waals surface area contributed by atoms with Crippen LogP contribution in [0.2, 0.25) is 0 Å². The molecule has 0 saturated carbocycles. The van der Waals surface area contributed by atoms with E-state index in [1.165, 1.54) is 5.56 Å². The maximum Gasteiger partial charge on any atom is 0.414 e. The second-order valence-electron chi connectivity index (χ2n) is 6.46. The molecule has 1 amide bonds. The van der Waals surface area contributed by atoms with Gasteiger partial charge in [-0.15, -0.1) is 0 Å². The molecule has 0 atom stereocenters. The number of ether oxygens (including phenoxy) is 1. The van der Waals surface area contributed by atoms with E-state index in [2.05, 4.69) is 23.2 Å². The highest BCUT2D eigenvalue weighted by Gasteiger charge is 2.29. The summed E-state index contributed by atoms with van der Waals surface area (Å²) >= 11 is 0. The summed E-state index contributed by atoms with van der Waals surface area (Å²) in [6, 6.07) is 10.2. The van der Waals surface area contributed by atoms with Crippen molar-refractivity contribution in [3.8, 4) is 11.1 Å². The van der Waals surface area contributed by atoms with Crippen molar-refractivity contribution in [2.45, 2.75) is 32.8 Å². The Bertz CT molecular complexity index is 690. The van der Waals surface area contributed by atoms with Crippen LogP contribution in [0, 0.1) is 0 Å². The zero-order valence-electron chi connectivity index (χ0n) is 13.2. The van der Waals surface area contributed by atoms with E-state index >= 15 is 0 Å². The van der Waals surface area contributed by atoms with Gasteiger partial charge in [-0.2, -0.15) is 0 Å². The first kappa shape index (κ1) is 14.6. The molecule has 2 heterocycles. The fraction of sp³-hybridized carbons (Fsp3) is 0.333. The quantitative estimate of drug-likeness (QED) is 0.797. The molecule has 4 heteroatoms. The number of hydrogen-bond donors (Lipinski definition) is 0. The van der Waals surface area contributed by atoms with E-state index in [0.29, 0.717) is 6.54 Å². The zero-order chi connectivity index (χ0) is 15.7. The number of pyridine rings is 1. The average molecular weight is 296 g/mol. The van der Waals surface area contributed by atoms with Crippen LogP contribution in [-0.4, -0.2) is 23.2 Å². The van der Waals surface area contributed by atoms with Crippen LogP contribution in [0.1, 0.15) is 26.3 Å². The highest BCUT2D eigenvalue weighted by Crippen LogP contribution is 2.33. The molecule has 0 unspecified atom stereocenters. The van der Waals surface area contributed by atoms with Gasteiger partial charge >= 0.3 is 6.09 Å². The monoisotopic (exact) mass is 296 g/mol. The van der Waals surface area contributed by atoms with Crippen LogP contribution in [0.25, 0.3) is 11.1 Å². The lowest BCUT2D eigenvalue weighted by molar-refractivity contribution is 0.0584. The van der Waals surface area contributed by atoms with Gasteiger partial charge in [0.25, 0.3) is 0 Å². The first-order valence-electron chi connectivity index (χ1n) is 7.48. The molecule has 2 aromatic rings. The summed E-state index contributed by atoms with van der Waals surface area (Å²) in [4.78, 5) is 18.1. The summed E-state index contributed by atoms with van der Waals surface area (Å²) in [5.41, 5.74) is 3.82. The molecule has 4 nitrogen and oxygen atoms in total. The number of nitrogens with zero attached hydrogens (tertiary/aromatic N) is 2. The molecule has 22 heavy (non-hydrogen) atoms. The molecule has 0 N–H and O–H groups in total. The number of fused-ring (bicyclic) bond motifs is 1. The van der Waals surface area contributed by atoms with Gasteiger partial charge in [0.1, 0.15) is 5.60 Å². The summed E-state index contributed by atoms with van der Waals surface area (Å²) in [6.45, 7) is 6.32. The second kappa shape index (κ2) is 5.44. The summed E-state index contributed by atoms with van der Waals surface area (Å²) < 4.78 is 5.50. The van der Waals surface area contributed by atoms with E-state index in [0.717, 1.165) is 23.2 Å². The largest absolute Gasteiger partial charge is 0.443 e. The summed E-state index contributed by atoms with van der Waals surface area (Å²) in [6.07, 6.45) is 4.13. The first-order valence-corrected chi connectivity index (χ1v) is 7.48. The molecule has 0 aliphatic carbocycles. The van der Waals surface area contributed by atoms with Gasteiger partial charge in [0.05, 0.1) is 5.69 Å². The third-order valence-corrected chi connectivity index (χ3v) is 3.61. The summed E-state index contributed by atoms with van der Waals surface area (Å²) in [7, 11) is 0. The molecule has 1 aliphatic heterocycles. The molecule has 0 spiro atoms. The van der Waals surface area contributed by atoms with Gasteiger partial charge in [0.2, 0.25) is 0 Å². The summed E-state index contributed by atoms with van der Waals surface area (Å²) in [5.74, 6) is 0. The molecular formula is C18H20N2O2. The van der Waals surface area contributed by atoms with Crippen molar-refractivity contribution in [1.29, 1.82) is 0 Å². The van der Waals surface area contributed by atoms with Gasteiger partial charge in [-0.05, 0) is 62.1 Å². The van der Waals surface area contributed by atoms with Crippen LogP contribution in [0.5, 0.6) is 0 Å². The Morgan fingerprint density at radius 3 is 2.55 bits per heavy atom. The van der Waals surface area contributed by atoms with Crippen molar-refractivity contribution in [1.82, 2.24) is 4.98 Å². The maximum absolute atomic E-state index is 12.4. The number of rotatable bonds is 1. The maximum atomic E-state index is 12.4. The fourth-order valence-corrected chi connectivity index (χ4v) is 2.61. The van der Waals surface area contributed by atoms with Crippen molar-refractivity contribution in [2.75, 3.05) is 11.4 Å². The summed E-state index contributed by atoms with van der Waals surface area (Å²) in [5, 5.41) is 0. The second-order valence-corrected chi connectivity index (χ2v) is 6.46. The molecule has 0 radical (unpaired) electrons. The third-order valence-electron chi connectivity index (χ3n) is 3.61. The van der Waals surface area contributed by atoms with Gasteiger partial charge in [0.15, 0.2) is 0 Å². The number of benzene rings is 1.